The Hall–Kier alpha value is -1.87. The van der Waals surface area contributed by atoms with Crippen LogP contribution in [-0.4, -0.2) is 20.3 Å². The van der Waals surface area contributed by atoms with E-state index >= 15 is 0 Å². The summed E-state index contributed by atoms with van der Waals surface area (Å²) >= 11 is 5.91. The van der Waals surface area contributed by atoms with Crippen LogP contribution in [0.15, 0.2) is 48.5 Å². The monoisotopic (exact) mass is 277 g/mol. The maximum atomic E-state index is 5.91. The van der Waals surface area contributed by atoms with Gasteiger partial charge >= 0.3 is 0 Å². The molecule has 0 aromatic heterocycles. The molecule has 0 aliphatic rings. The first-order valence-corrected chi connectivity index (χ1v) is 6.42. The van der Waals surface area contributed by atoms with Gasteiger partial charge in [-0.1, -0.05) is 29.8 Å². The predicted molar refractivity (Wildman–Crippen MR) is 78.4 cm³/mol. The molecule has 3 nitrogen and oxygen atoms in total. The van der Waals surface area contributed by atoms with Gasteiger partial charge in [0.05, 0.1) is 7.11 Å². The molecule has 0 amide bonds. The average molecular weight is 278 g/mol. The molecule has 4 heteroatoms. The molecule has 0 radical (unpaired) electrons. The number of benzene rings is 2. The first-order valence-electron chi connectivity index (χ1n) is 6.05. The SMILES string of the molecule is COc1ccccc1OCCNc1cccc(Cl)c1. The second kappa shape index (κ2) is 6.90. The maximum Gasteiger partial charge on any atom is 0.161 e. The Balaban J connectivity index is 1.81. The van der Waals surface area contributed by atoms with Crippen LogP contribution >= 0.6 is 11.6 Å². The van der Waals surface area contributed by atoms with Gasteiger partial charge in [0.1, 0.15) is 6.61 Å². The normalized spacial score (nSPS) is 10.0. The summed E-state index contributed by atoms with van der Waals surface area (Å²) in [6, 6.07) is 15.2. The van der Waals surface area contributed by atoms with Crippen LogP contribution < -0.4 is 14.8 Å². The fourth-order valence-corrected chi connectivity index (χ4v) is 1.88. The second-order valence-corrected chi connectivity index (χ2v) is 4.37. The summed E-state index contributed by atoms with van der Waals surface area (Å²) in [5.41, 5.74) is 0.983. The van der Waals surface area contributed by atoms with E-state index in [0.29, 0.717) is 13.2 Å². The number of rotatable bonds is 6. The smallest absolute Gasteiger partial charge is 0.161 e. The molecule has 2 aromatic carbocycles. The average Bonchev–Trinajstić information content (AvgIpc) is 2.44. The third kappa shape index (κ3) is 4.07. The third-order valence-electron chi connectivity index (χ3n) is 2.58. The molecule has 0 bridgehead atoms. The highest BCUT2D eigenvalue weighted by atomic mass is 35.5. The lowest BCUT2D eigenvalue weighted by atomic mass is 10.3. The van der Waals surface area contributed by atoms with E-state index in [1.165, 1.54) is 0 Å². The number of anilines is 1. The molecule has 19 heavy (non-hydrogen) atoms. The summed E-state index contributed by atoms with van der Waals surface area (Å²) in [5.74, 6) is 1.49. The molecule has 0 aliphatic heterocycles. The number of methoxy groups -OCH3 is 1. The Morgan fingerprint density at radius 1 is 1.05 bits per heavy atom. The fourth-order valence-electron chi connectivity index (χ4n) is 1.69. The van der Waals surface area contributed by atoms with Crippen molar-refractivity contribution in [1.29, 1.82) is 0 Å². The highest BCUT2D eigenvalue weighted by Gasteiger charge is 2.01. The van der Waals surface area contributed by atoms with Gasteiger partial charge in [0.25, 0.3) is 0 Å². The quantitative estimate of drug-likeness (QED) is 0.814. The molecule has 2 rings (SSSR count). The molecule has 0 saturated heterocycles. The Morgan fingerprint density at radius 2 is 1.84 bits per heavy atom. The molecule has 1 N–H and O–H groups in total. The number of ether oxygens (including phenoxy) is 2. The second-order valence-electron chi connectivity index (χ2n) is 3.94. The molecule has 0 fully saturated rings. The van der Waals surface area contributed by atoms with Crippen LogP contribution in [0.25, 0.3) is 0 Å². The van der Waals surface area contributed by atoms with Gasteiger partial charge in [0, 0.05) is 17.3 Å². The Bertz CT molecular complexity index is 531. The standard InChI is InChI=1S/C15H16ClNO2/c1-18-14-7-2-3-8-15(14)19-10-9-17-13-6-4-5-12(16)11-13/h2-8,11,17H,9-10H2,1H3. The van der Waals surface area contributed by atoms with Crippen LogP contribution in [0.1, 0.15) is 0 Å². The van der Waals surface area contributed by atoms with Crippen molar-refractivity contribution in [3.8, 4) is 11.5 Å². The van der Waals surface area contributed by atoms with Crippen LogP contribution in [-0.2, 0) is 0 Å². The summed E-state index contributed by atoms with van der Waals surface area (Å²) in [5, 5.41) is 3.96. The lowest BCUT2D eigenvalue weighted by molar-refractivity contribution is 0.306. The zero-order chi connectivity index (χ0) is 13.5. The van der Waals surface area contributed by atoms with Crippen LogP contribution in [0.4, 0.5) is 5.69 Å². The minimum Gasteiger partial charge on any atom is -0.493 e. The molecule has 0 atom stereocenters. The van der Waals surface area contributed by atoms with Gasteiger partial charge < -0.3 is 14.8 Å². The molecule has 0 heterocycles. The molecular weight excluding hydrogens is 262 g/mol. The summed E-state index contributed by atoms with van der Waals surface area (Å²) in [4.78, 5) is 0. The summed E-state index contributed by atoms with van der Waals surface area (Å²) in [7, 11) is 1.63. The predicted octanol–water partition coefficient (Wildman–Crippen LogP) is 3.84. The molecule has 0 aliphatic carbocycles. The van der Waals surface area contributed by atoms with Crippen molar-refractivity contribution < 1.29 is 9.47 Å². The number of para-hydroxylation sites is 2. The summed E-state index contributed by atoms with van der Waals surface area (Å²) in [6.07, 6.45) is 0. The van der Waals surface area contributed by atoms with E-state index in [1.807, 2.05) is 48.5 Å². The molecule has 0 unspecified atom stereocenters. The minimum absolute atomic E-state index is 0.548. The minimum atomic E-state index is 0.548. The Kier molecular flexibility index (Phi) is 4.93. The van der Waals surface area contributed by atoms with E-state index in [0.717, 1.165) is 22.2 Å². The van der Waals surface area contributed by atoms with Crippen LogP contribution in [0.3, 0.4) is 0 Å². The van der Waals surface area contributed by atoms with E-state index < -0.39 is 0 Å². The van der Waals surface area contributed by atoms with Crippen LogP contribution in [0, 0.1) is 0 Å². The van der Waals surface area contributed by atoms with Gasteiger partial charge in [-0.25, -0.2) is 0 Å². The van der Waals surface area contributed by atoms with Crippen molar-refractivity contribution in [3.63, 3.8) is 0 Å². The fraction of sp³-hybridized carbons (Fsp3) is 0.200. The largest absolute Gasteiger partial charge is 0.493 e. The topological polar surface area (TPSA) is 30.5 Å². The third-order valence-corrected chi connectivity index (χ3v) is 2.82. The number of hydrogen-bond acceptors (Lipinski definition) is 3. The van der Waals surface area contributed by atoms with Crippen LogP contribution in [0.2, 0.25) is 5.02 Å². The van der Waals surface area contributed by atoms with Crippen LogP contribution in [0.5, 0.6) is 11.5 Å². The maximum absolute atomic E-state index is 5.91. The van der Waals surface area contributed by atoms with Crippen molar-refractivity contribution in [2.24, 2.45) is 0 Å². The number of halogens is 1. The first kappa shape index (κ1) is 13.6. The summed E-state index contributed by atoms with van der Waals surface area (Å²) < 4.78 is 10.9. The zero-order valence-corrected chi connectivity index (χ0v) is 11.5. The molecule has 2 aromatic rings. The van der Waals surface area contributed by atoms with Crippen molar-refractivity contribution in [3.05, 3.63) is 53.6 Å². The van der Waals surface area contributed by atoms with E-state index in [1.54, 1.807) is 7.11 Å². The van der Waals surface area contributed by atoms with Gasteiger partial charge in [-0.15, -0.1) is 0 Å². The van der Waals surface area contributed by atoms with E-state index in [4.69, 9.17) is 21.1 Å². The van der Waals surface area contributed by atoms with Gasteiger partial charge in [-0.2, -0.15) is 0 Å². The molecular formula is C15H16ClNO2. The highest BCUT2D eigenvalue weighted by molar-refractivity contribution is 6.30. The Morgan fingerprint density at radius 3 is 2.58 bits per heavy atom. The number of nitrogens with one attached hydrogen (secondary N) is 1. The molecule has 0 spiro atoms. The van der Waals surface area contributed by atoms with E-state index in [9.17, 15) is 0 Å². The van der Waals surface area contributed by atoms with Gasteiger partial charge in [-0.3, -0.25) is 0 Å². The van der Waals surface area contributed by atoms with E-state index in [2.05, 4.69) is 5.32 Å². The van der Waals surface area contributed by atoms with Crippen molar-refractivity contribution in [2.75, 3.05) is 25.6 Å². The zero-order valence-electron chi connectivity index (χ0n) is 10.7. The lowest BCUT2D eigenvalue weighted by Crippen LogP contribution is -2.11. The summed E-state index contributed by atoms with van der Waals surface area (Å²) in [6.45, 7) is 1.24. The van der Waals surface area contributed by atoms with Crippen molar-refractivity contribution >= 4 is 17.3 Å². The lowest BCUT2D eigenvalue weighted by Gasteiger charge is -2.11. The Labute approximate surface area is 118 Å². The van der Waals surface area contributed by atoms with E-state index in [-0.39, 0.29) is 0 Å². The number of hydrogen-bond donors (Lipinski definition) is 1. The van der Waals surface area contributed by atoms with Gasteiger partial charge in [0.2, 0.25) is 0 Å². The molecule has 0 saturated carbocycles. The molecule has 100 valence electrons. The van der Waals surface area contributed by atoms with Gasteiger partial charge in [0.15, 0.2) is 11.5 Å². The van der Waals surface area contributed by atoms with Crippen molar-refractivity contribution in [1.82, 2.24) is 0 Å². The highest BCUT2D eigenvalue weighted by Crippen LogP contribution is 2.25. The first-order chi connectivity index (χ1) is 9.29. The van der Waals surface area contributed by atoms with Crippen molar-refractivity contribution in [2.45, 2.75) is 0 Å². The van der Waals surface area contributed by atoms with Gasteiger partial charge in [-0.05, 0) is 30.3 Å².